The van der Waals surface area contributed by atoms with Gasteiger partial charge in [0.05, 0.1) is 12.8 Å². The van der Waals surface area contributed by atoms with Crippen molar-refractivity contribution in [1.82, 2.24) is 14.6 Å². The number of nitrogen functional groups attached to an aromatic ring is 1. The number of hydrogen-bond acceptors (Lipinski definition) is 4. The van der Waals surface area contributed by atoms with E-state index in [0.717, 1.165) is 17.0 Å². The third-order valence-corrected chi connectivity index (χ3v) is 3.03. The van der Waals surface area contributed by atoms with Crippen molar-refractivity contribution in [2.24, 2.45) is 0 Å². The lowest BCUT2D eigenvalue weighted by Crippen LogP contribution is -1.97. The molecule has 0 unspecified atom stereocenters. The van der Waals surface area contributed by atoms with Gasteiger partial charge in [0.1, 0.15) is 5.75 Å². The Morgan fingerprint density at radius 2 is 2.05 bits per heavy atom. The Morgan fingerprint density at radius 3 is 2.79 bits per heavy atom. The second-order valence-corrected chi connectivity index (χ2v) is 4.33. The minimum Gasteiger partial charge on any atom is -0.497 e. The first-order valence-corrected chi connectivity index (χ1v) is 5.95. The van der Waals surface area contributed by atoms with Crippen molar-refractivity contribution in [3.05, 3.63) is 42.1 Å². The molecular formula is C14H14N4O. The summed E-state index contributed by atoms with van der Waals surface area (Å²) in [6.07, 6.45) is 0. The van der Waals surface area contributed by atoms with Crippen molar-refractivity contribution in [3.63, 3.8) is 0 Å². The molecule has 0 bridgehead atoms. The fourth-order valence-electron chi connectivity index (χ4n) is 1.98. The third-order valence-electron chi connectivity index (χ3n) is 3.03. The molecule has 0 fully saturated rings. The Balaban J connectivity index is 2.20. The quantitative estimate of drug-likeness (QED) is 0.762. The van der Waals surface area contributed by atoms with Gasteiger partial charge in [-0.25, -0.2) is 9.50 Å². The SMILES string of the molecule is COc1cccc(-c2nc3c(N)ccc(C)n3n2)c1. The van der Waals surface area contributed by atoms with E-state index in [9.17, 15) is 0 Å². The van der Waals surface area contributed by atoms with Crippen LogP contribution >= 0.6 is 0 Å². The van der Waals surface area contributed by atoms with Crippen LogP contribution in [0.2, 0.25) is 0 Å². The summed E-state index contributed by atoms with van der Waals surface area (Å²) < 4.78 is 6.96. The minimum absolute atomic E-state index is 0.618. The van der Waals surface area contributed by atoms with E-state index >= 15 is 0 Å². The third kappa shape index (κ3) is 1.89. The Kier molecular flexibility index (Phi) is 2.59. The number of rotatable bonds is 2. The molecule has 0 atom stereocenters. The first kappa shape index (κ1) is 11.5. The van der Waals surface area contributed by atoms with Gasteiger partial charge in [0.25, 0.3) is 0 Å². The zero-order valence-corrected chi connectivity index (χ0v) is 10.8. The van der Waals surface area contributed by atoms with Crippen molar-refractivity contribution in [1.29, 1.82) is 0 Å². The molecule has 0 aliphatic heterocycles. The van der Waals surface area contributed by atoms with Crippen LogP contribution < -0.4 is 10.5 Å². The Labute approximate surface area is 110 Å². The van der Waals surface area contributed by atoms with Crippen LogP contribution in [0, 0.1) is 6.92 Å². The molecule has 2 aromatic heterocycles. The fraction of sp³-hybridized carbons (Fsp3) is 0.143. The van der Waals surface area contributed by atoms with E-state index in [-0.39, 0.29) is 0 Å². The predicted molar refractivity (Wildman–Crippen MR) is 74.1 cm³/mol. The number of fused-ring (bicyclic) bond motifs is 1. The summed E-state index contributed by atoms with van der Waals surface area (Å²) in [7, 11) is 1.64. The van der Waals surface area contributed by atoms with E-state index in [1.807, 2.05) is 43.3 Å². The molecule has 0 saturated heterocycles. The number of nitrogens with two attached hydrogens (primary N) is 1. The Hall–Kier alpha value is -2.56. The molecule has 2 heterocycles. The highest BCUT2D eigenvalue weighted by Gasteiger charge is 2.10. The van der Waals surface area contributed by atoms with Crippen molar-refractivity contribution in [3.8, 4) is 17.1 Å². The van der Waals surface area contributed by atoms with Crippen molar-refractivity contribution < 1.29 is 4.74 Å². The standard InChI is InChI=1S/C14H14N4O/c1-9-6-7-12(15)14-16-13(17-18(9)14)10-4-3-5-11(8-10)19-2/h3-8H,15H2,1-2H3. The zero-order chi connectivity index (χ0) is 13.4. The molecule has 3 rings (SSSR count). The van der Waals surface area contributed by atoms with E-state index in [0.29, 0.717) is 17.2 Å². The topological polar surface area (TPSA) is 65.4 Å². The maximum atomic E-state index is 5.92. The number of aryl methyl sites for hydroxylation is 1. The maximum Gasteiger partial charge on any atom is 0.182 e. The van der Waals surface area contributed by atoms with Crippen LogP contribution in [0.25, 0.3) is 17.0 Å². The smallest absolute Gasteiger partial charge is 0.182 e. The Morgan fingerprint density at radius 1 is 1.21 bits per heavy atom. The van der Waals surface area contributed by atoms with Gasteiger partial charge in [-0.1, -0.05) is 12.1 Å². The maximum absolute atomic E-state index is 5.92. The highest BCUT2D eigenvalue weighted by atomic mass is 16.5. The molecule has 0 aliphatic carbocycles. The van der Waals surface area contributed by atoms with Gasteiger partial charge in [0.2, 0.25) is 0 Å². The molecule has 3 aromatic rings. The van der Waals surface area contributed by atoms with Gasteiger partial charge in [0, 0.05) is 11.3 Å². The van der Waals surface area contributed by atoms with Gasteiger partial charge in [-0.2, -0.15) is 0 Å². The molecule has 5 nitrogen and oxygen atoms in total. The van der Waals surface area contributed by atoms with Crippen LogP contribution in [0.3, 0.4) is 0 Å². The summed E-state index contributed by atoms with van der Waals surface area (Å²) in [5.74, 6) is 1.42. The molecule has 2 N–H and O–H groups in total. The number of nitrogens with zero attached hydrogens (tertiary/aromatic N) is 3. The van der Waals surface area contributed by atoms with Gasteiger partial charge in [-0.3, -0.25) is 0 Å². The number of anilines is 1. The molecule has 0 spiro atoms. The van der Waals surface area contributed by atoms with Gasteiger partial charge < -0.3 is 10.5 Å². The summed E-state index contributed by atoms with van der Waals surface area (Å²) in [5.41, 5.74) is 9.12. The summed E-state index contributed by atoms with van der Waals surface area (Å²) in [4.78, 5) is 4.49. The summed E-state index contributed by atoms with van der Waals surface area (Å²) >= 11 is 0. The number of hydrogen-bond donors (Lipinski definition) is 1. The number of methoxy groups -OCH3 is 1. The van der Waals surface area contributed by atoms with Gasteiger partial charge >= 0.3 is 0 Å². The number of benzene rings is 1. The summed E-state index contributed by atoms with van der Waals surface area (Å²) in [6, 6.07) is 11.4. The monoisotopic (exact) mass is 254 g/mol. The van der Waals surface area contributed by atoms with E-state index in [1.54, 1.807) is 11.6 Å². The van der Waals surface area contributed by atoms with Gasteiger partial charge in [-0.05, 0) is 31.2 Å². The molecule has 1 aromatic carbocycles. The van der Waals surface area contributed by atoms with E-state index in [1.165, 1.54) is 0 Å². The Bertz CT molecular complexity index is 709. The second-order valence-electron chi connectivity index (χ2n) is 4.33. The lowest BCUT2D eigenvalue weighted by atomic mass is 10.2. The van der Waals surface area contributed by atoms with Crippen LogP contribution in [0.4, 0.5) is 5.69 Å². The minimum atomic E-state index is 0.618. The molecule has 96 valence electrons. The molecular weight excluding hydrogens is 240 g/mol. The molecule has 5 heteroatoms. The van der Waals surface area contributed by atoms with Gasteiger partial charge in [-0.15, -0.1) is 5.10 Å². The van der Waals surface area contributed by atoms with E-state index in [2.05, 4.69) is 10.1 Å². The molecule has 19 heavy (non-hydrogen) atoms. The molecule has 0 radical (unpaired) electrons. The fourth-order valence-corrected chi connectivity index (χ4v) is 1.98. The van der Waals surface area contributed by atoms with Crippen molar-refractivity contribution in [2.45, 2.75) is 6.92 Å². The second kappa shape index (κ2) is 4.28. The molecule has 0 amide bonds. The average Bonchev–Trinajstić information content (AvgIpc) is 2.89. The van der Waals surface area contributed by atoms with E-state index < -0.39 is 0 Å². The average molecular weight is 254 g/mol. The number of pyridine rings is 1. The first-order chi connectivity index (χ1) is 9.19. The largest absolute Gasteiger partial charge is 0.497 e. The number of aromatic nitrogens is 3. The van der Waals surface area contributed by atoms with Crippen LogP contribution in [0.5, 0.6) is 5.75 Å². The highest BCUT2D eigenvalue weighted by molar-refractivity contribution is 5.69. The predicted octanol–water partition coefficient (Wildman–Crippen LogP) is 2.30. The van der Waals surface area contributed by atoms with Crippen LogP contribution in [0.1, 0.15) is 5.69 Å². The lowest BCUT2D eigenvalue weighted by molar-refractivity contribution is 0.415. The first-order valence-electron chi connectivity index (χ1n) is 5.95. The molecule has 0 saturated carbocycles. The van der Waals surface area contributed by atoms with E-state index in [4.69, 9.17) is 10.5 Å². The normalized spacial score (nSPS) is 10.8. The van der Waals surface area contributed by atoms with Crippen LogP contribution in [-0.4, -0.2) is 21.7 Å². The van der Waals surface area contributed by atoms with Crippen molar-refractivity contribution in [2.75, 3.05) is 12.8 Å². The van der Waals surface area contributed by atoms with Crippen LogP contribution in [-0.2, 0) is 0 Å². The number of ether oxygens (including phenoxy) is 1. The summed E-state index contributed by atoms with van der Waals surface area (Å²) in [5, 5.41) is 4.49. The summed E-state index contributed by atoms with van der Waals surface area (Å²) in [6.45, 7) is 1.97. The highest BCUT2D eigenvalue weighted by Crippen LogP contribution is 2.23. The zero-order valence-electron chi connectivity index (χ0n) is 10.8. The van der Waals surface area contributed by atoms with Crippen molar-refractivity contribution >= 4 is 11.3 Å². The lowest BCUT2D eigenvalue weighted by Gasteiger charge is -2.00. The molecule has 0 aliphatic rings. The van der Waals surface area contributed by atoms with Crippen LogP contribution in [0.15, 0.2) is 36.4 Å². The van der Waals surface area contributed by atoms with Gasteiger partial charge in [0.15, 0.2) is 11.5 Å².